The smallest absolute Gasteiger partial charge is 0.115 e. The van der Waals surface area contributed by atoms with Crippen LogP contribution in [0.2, 0.25) is 0 Å². The first-order valence-corrected chi connectivity index (χ1v) is 7.87. The Morgan fingerprint density at radius 2 is 2.30 bits per heavy atom. The first-order chi connectivity index (χ1) is 9.81. The average Bonchev–Trinajstić information content (AvgIpc) is 3.02. The molecule has 1 aromatic heterocycles. The van der Waals surface area contributed by atoms with Crippen LogP contribution in [0.5, 0.6) is 0 Å². The monoisotopic (exact) mass is 288 g/mol. The van der Waals surface area contributed by atoms with Gasteiger partial charge in [0.1, 0.15) is 5.01 Å². The lowest BCUT2D eigenvalue weighted by Crippen LogP contribution is -2.17. The van der Waals surface area contributed by atoms with Gasteiger partial charge >= 0.3 is 0 Å². The van der Waals surface area contributed by atoms with Gasteiger partial charge in [-0.05, 0) is 37.4 Å². The lowest BCUT2D eigenvalue weighted by molar-refractivity contribution is 0.185. The number of nitrogens with one attached hydrogen (secondary N) is 1. The van der Waals surface area contributed by atoms with Gasteiger partial charge in [0.25, 0.3) is 0 Å². The van der Waals surface area contributed by atoms with E-state index in [2.05, 4.69) is 29.6 Å². The number of hydrogen-bond donors (Lipinski definition) is 1. The molecule has 0 saturated carbocycles. The highest BCUT2D eigenvalue weighted by atomic mass is 32.1. The van der Waals surface area contributed by atoms with Gasteiger partial charge in [-0.3, -0.25) is 0 Å². The number of ether oxygens (including phenoxy) is 1. The van der Waals surface area contributed by atoms with Crippen molar-refractivity contribution in [1.82, 2.24) is 10.3 Å². The topological polar surface area (TPSA) is 34.1 Å². The third-order valence-electron chi connectivity index (χ3n) is 3.74. The summed E-state index contributed by atoms with van der Waals surface area (Å²) in [6, 6.07) is 8.74. The molecule has 0 saturated heterocycles. The molecule has 0 fully saturated rings. The SMILES string of the molecule is CNC(c1cccc(COC)c1)c1nc2c(s1)CCC2. The van der Waals surface area contributed by atoms with Crippen LogP contribution in [0.3, 0.4) is 0 Å². The summed E-state index contributed by atoms with van der Waals surface area (Å²) < 4.78 is 5.22. The molecule has 3 rings (SSSR count). The van der Waals surface area contributed by atoms with E-state index in [1.165, 1.54) is 39.5 Å². The summed E-state index contributed by atoms with van der Waals surface area (Å²) in [7, 11) is 3.73. The fraction of sp³-hybridized carbons (Fsp3) is 0.438. The zero-order valence-electron chi connectivity index (χ0n) is 12.0. The minimum atomic E-state index is 0.183. The van der Waals surface area contributed by atoms with Crippen LogP contribution in [0.25, 0.3) is 0 Å². The molecule has 1 N–H and O–H groups in total. The predicted molar refractivity (Wildman–Crippen MR) is 82.2 cm³/mol. The van der Waals surface area contributed by atoms with Crippen molar-refractivity contribution in [1.29, 1.82) is 0 Å². The molecule has 20 heavy (non-hydrogen) atoms. The molecule has 3 nitrogen and oxygen atoms in total. The minimum absolute atomic E-state index is 0.183. The van der Waals surface area contributed by atoms with Crippen molar-refractivity contribution in [2.24, 2.45) is 0 Å². The first-order valence-electron chi connectivity index (χ1n) is 7.05. The van der Waals surface area contributed by atoms with Gasteiger partial charge < -0.3 is 10.1 Å². The molecule has 1 heterocycles. The Bertz CT molecular complexity index is 572. The maximum atomic E-state index is 5.22. The molecule has 2 aromatic rings. The van der Waals surface area contributed by atoms with Crippen LogP contribution >= 0.6 is 11.3 Å². The van der Waals surface area contributed by atoms with Crippen molar-refractivity contribution in [2.45, 2.75) is 31.9 Å². The van der Waals surface area contributed by atoms with Crippen LogP contribution in [-0.4, -0.2) is 19.1 Å². The van der Waals surface area contributed by atoms with Crippen LogP contribution in [0.4, 0.5) is 0 Å². The summed E-state index contributed by atoms with van der Waals surface area (Å²) in [4.78, 5) is 6.32. The van der Waals surface area contributed by atoms with Gasteiger partial charge in [0.2, 0.25) is 0 Å². The summed E-state index contributed by atoms with van der Waals surface area (Å²) >= 11 is 1.86. The van der Waals surface area contributed by atoms with Crippen molar-refractivity contribution in [3.8, 4) is 0 Å². The molecular formula is C16H20N2OS. The molecule has 0 bridgehead atoms. The second kappa shape index (κ2) is 6.04. The summed E-state index contributed by atoms with van der Waals surface area (Å²) in [5.74, 6) is 0. The number of aromatic nitrogens is 1. The van der Waals surface area contributed by atoms with Gasteiger partial charge in [-0.15, -0.1) is 11.3 Å². The Hall–Kier alpha value is -1.23. The summed E-state index contributed by atoms with van der Waals surface area (Å²) in [5.41, 5.74) is 3.78. The van der Waals surface area contributed by atoms with Crippen molar-refractivity contribution >= 4 is 11.3 Å². The van der Waals surface area contributed by atoms with Gasteiger partial charge in [0.15, 0.2) is 0 Å². The van der Waals surface area contributed by atoms with Crippen molar-refractivity contribution < 1.29 is 4.74 Å². The molecule has 0 radical (unpaired) electrons. The maximum Gasteiger partial charge on any atom is 0.115 e. The van der Waals surface area contributed by atoms with Crippen LogP contribution < -0.4 is 5.32 Å². The van der Waals surface area contributed by atoms with Crippen LogP contribution in [0, 0.1) is 0 Å². The van der Waals surface area contributed by atoms with Gasteiger partial charge in [-0.1, -0.05) is 24.3 Å². The third kappa shape index (κ3) is 2.64. The highest BCUT2D eigenvalue weighted by molar-refractivity contribution is 7.11. The van der Waals surface area contributed by atoms with Gasteiger partial charge in [0, 0.05) is 12.0 Å². The molecular weight excluding hydrogens is 268 g/mol. The molecule has 1 atom stereocenters. The Morgan fingerprint density at radius 3 is 3.05 bits per heavy atom. The zero-order chi connectivity index (χ0) is 13.9. The molecule has 0 aliphatic heterocycles. The van der Waals surface area contributed by atoms with Crippen LogP contribution in [-0.2, 0) is 24.2 Å². The number of benzene rings is 1. The Labute approximate surface area is 124 Å². The third-order valence-corrected chi connectivity index (χ3v) is 4.97. The van der Waals surface area contributed by atoms with Crippen molar-refractivity contribution in [3.05, 3.63) is 51.0 Å². The van der Waals surface area contributed by atoms with Crippen molar-refractivity contribution in [2.75, 3.05) is 14.2 Å². The van der Waals surface area contributed by atoms with E-state index < -0.39 is 0 Å². The van der Waals surface area contributed by atoms with Gasteiger partial charge in [-0.2, -0.15) is 0 Å². The lowest BCUT2D eigenvalue weighted by atomic mass is 10.0. The zero-order valence-corrected chi connectivity index (χ0v) is 12.8. The molecule has 0 amide bonds. The quantitative estimate of drug-likeness (QED) is 0.918. The van der Waals surface area contributed by atoms with Gasteiger partial charge in [-0.25, -0.2) is 4.98 Å². The number of methoxy groups -OCH3 is 1. The number of thiazole rings is 1. The summed E-state index contributed by atoms with van der Waals surface area (Å²) in [5, 5.41) is 4.59. The second-order valence-corrected chi connectivity index (χ2v) is 6.29. The predicted octanol–water partition coefficient (Wildman–Crippen LogP) is 3.09. The fourth-order valence-corrected chi connectivity index (χ4v) is 4.09. The Balaban J connectivity index is 1.90. The second-order valence-electron chi connectivity index (χ2n) is 5.18. The molecule has 1 aliphatic carbocycles. The molecule has 106 valence electrons. The highest BCUT2D eigenvalue weighted by Crippen LogP contribution is 2.33. The maximum absolute atomic E-state index is 5.22. The molecule has 4 heteroatoms. The largest absolute Gasteiger partial charge is 0.380 e. The normalized spacial score (nSPS) is 15.3. The highest BCUT2D eigenvalue weighted by Gasteiger charge is 2.22. The summed E-state index contributed by atoms with van der Waals surface area (Å²) in [6.07, 6.45) is 3.61. The standard InChI is InChI=1S/C16H20N2OS/c1-17-15(12-6-3-5-11(9-12)10-19-2)16-18-13-7-4-8-14(13)20-16/h3,5-6,9,15,17H,4,7-8,10H2,1-2H3. The molecule has 1 aromatic carbocycles. The van der Waals surface area contributed by atoms with Crippen molar-refractivity contribution in [3.63, 3.8) is 0 Å². The van der Waals surface area contributed by atoms with Gasteiger partial charge in [0.05, 0.1) is 18.3 Å². The average molecular weight is 288 g/mol. The first kappa shape index (κ1) is 13.7. The van der Waals surface area contributed by atoms with E-state index in [1.807, 2.05) is 18.4 Å². The number of nitrogens with zero attached hydrogens (tertiary/aromatic N) is 1. The number of aryl methyl sites for hydroxylation is 2. The lowest BCUT2D eigenvalue weighted by Gasteiger charge is -2.15. The Kier molecular flexibility index (Phi) is 4.15. The van der Waals surface area contributed by atoms with E-state index in [0.29, 0.717) is 6.61 Å². The molecule has 0 spiro atoms. The molecule has 1 unspecified atom stereocenters. The van der Waals surface area contributed by atoms with E-state index >= 15 is 0 Å². The number of rotatable bonds is 5. The number of hydrogen-bond acceptors (Lipinski definition) is 4. The van der Waals surface area contributed by atoms with E-state index in [-0.39, 0.29) is 6.04 Å². The molecule has 1 aliphatic rings. The van der Waals surface area contributed by atoms with E-state index in [4.69, 9.17) is 9.72 Å². The fourth-order valence-electron chi connectivity index (χ4n) is 2.80. The minimum Gasteiger partial charge on any atom is -0.380 e. The Morgan fingerprint density at radius 1 is 1.40 bits per heavy atom. The van der Waals surface area contributed by atoms with E-state index in [1.54, 1.807) is 7.11 Å². The van der Waals surface area contributed by atoms with Crippen LogP contribution in [0.15, 0.2) is 24.3 Å². The van der Waals surface area contributed by atoms with Crippen LogP contribution in [0.1, 0.15) is 39.2 Å². The van der Waals surface area contributed by atoms with E-state index in [0.717, 1.165) is 6.42 Å². The number of fused-ring (bicyclic) bond motifs is 1. The van der Waals surface area contributed by atoms with E-state index in [9.17, 15) is 0 Å². The summed E-state index contributed by atoms with van der Waals surface area (Å²) in [6.45, 7) is 0.651.